The van der Waals surface area contributed by atoms with Crippen LogP contribution in [0.15, 0.2) is 59.5 Å². The molecule has 0 atom stereocenters. The minimum Gasteiger partial charge on any atom is -0.497 e. The summed E-state index contributed by atoms with van der Waals surface area (Å²) in [5.41, 5.74) is 1.94. The third-order valence-corrected chi connectivity index (χ3v) is 3.12. The lowest BCUT2D eigenvalue weighted by molar-refractivity contribution is 0.0988. The molecule has 0 aliphatic rings. The summed E-state index contributed by atoms with van der Waals surface area (Å²) in [6.45, 7) is 0.311. The van der Waals surface area contributed by atoms with Crippen LogP contribution in [0, 0.1) is 0 Å². The van der Waals surface area contributed by atoms with Crippen molar-refractivity contribution < 1.29 is 9.57 Å². The van der Waals surface area contributed by atoms with Gasteiger partial charge in [0.15, 0.2) is 0 Å². The van der Waals surface area contributed by atoms with Gasteiger partial charge in [0.1, 0.15) is 17.9 Å². The smallest absolute Gasteiger partial charge is 0.302 e. The summed E-state index contributed by atoms with van der Waals surface area (Å²) in [5.74, 6) is 0.684. The predicted molar refractivity (Wildman–Crippen MR) is 79.3 cm³/mol. The summed E-state index contributed by atoms with van der Waals surface area (Å²) < 4.78 is 6.41. The second kappa shape index (κ2) is 5.66. The van der Waals surface area contributed by atoms with Crippen LogP contribution in [0.1, 0.15) is 5.56 Å². The first kappa shape index (κ1) is 13.2. The van der Waals surface area contributed by atoms with Gasteiger partial charge in [-0.15, -0.1) is 4.73 Å². The summed E-state index contributed by atoms with van der Waals surface area (Å²) in [7, 11) is 1.59. The zero-order valence-electron chi connectivity index (χ0n) is 11.5. The lowest BCUT2D eigenvalue weighted by Gasteiger charge is -2.11. The second-order valence-electron chi connectivity index (χ2n) is 4.50. The number of methoxy groups -OCH3 is 1. The van der Waals surface area contributed by atoms with Gasteiger partial charge in [-0.25, -0.2) is 4.98 Å². The Hall–Kier alpha value is -2.82. The Labute approximate surface area is 121 Å². The fourth-order valence-electron chi connectivity index (χ4n) is 2.05. The van der Waals surface area contributed by atoms with E-state index in [0.29, 0.717) is 23.4 Å². The Bertz CT molecular complexity index is 813. The number of fused-ring (bicyclic) bond motifs is 1. The van der Waals surface area contributed by atoms with Gasteiger partial charge in [-0.05, 0) is 17.7 Å². The van der Waals surface area contributed by atoms with Gasteiger partial charge in [-0.3, -0.25) is 4.79 Å². The first-order valence-electron chi connectivity index (χ1n) is 6.51. The van der Waals surface area contributed by atoms with Gasteiger partial charge >= 0.3 is 5.56 Å². The van der Waals surface area contributed by atoms with Crippen molar-refractivity contribution in [3.8, 4) is 5.75 Å². The van der Waals surface area contributed by atoms with Crippen molar-refractivity contribution in [3.05, 3.63) is 70.6 Å². The summed E-state index contributed by atoms with van der Waals surface area (Å²) >= 11 is 0. The molecular formula is C16H14N2O3. The van der Waals surface area contributed by atoms with Gasteiger partial charge < -0.3 is 9.57 Å². The van der Waals surface area contributed by atoms with Gasteiger partial charge in [-0.1, -0.05) is 30.3 Å². The van der Waals surface area contributed by atoms with E-state index in [4.69, 9.17) is 9.57 Å². The van der Waals surface area contributed by atoms with Crippen molar-refractivity contribution in [2.45, 2.75) is 6.61 Å². The summed E-state index contributed by atoms with van der Waals surface area (Å²) in [4.78, 5) is 21.7. The van der Waals surface area contributed by atoms with E-state index in [0.717, 1.165) is 5.56 Å². The highest BCUT2D eigenvalue weighted by Gasteiger charge is 2.06. The van der Waals surface area contributed by atoms with E-state index >= 15 is 0 Å². The van der Waals surface area contributed by atoms with E-state index in [1.165, 1.54) is 10.9 Å². The molecule has 1 aromatic heterocycles. The fraction of sp³-hybridized carbons (Fsp3) is 0.125. The maximum atomic E-state index is 12.0. The minimum absolute atomic E-state index is 0.302. The zero-order valence-corrected chi connectivity index (χ0v) is 11.5. The quantitative estimate of drug-likeness (QED) is 0.734. The van der Waals surface area contributed by atoms with E-state index < -0.39 is 0 Å². The van der Waals surface area contributed by atoms with Gasteiger partial charge in [-0.2, -0.15) is 0 Å². The summed E-state index contributed by atoms with van der Waals surface area (Å²) in [5, 5.41) is 0. The standard InChI is InChI=1S/C16H14N2O3/c1-20-13-7-8-15-14(9-13)17-10-16(19)18(15)21-11-12-5-3-2-4-6-12/h2-10H,11H2,1H3. The molecule has 0 radical (unpaired) electrons. The highest BCUT2D eigenvalue weighted by Crippen LogP contribution is 2.17. The van der Waals surface area contributed by atoms with Gasteiger partial charge in [0, 0.05) is 6.07 Å². The van der Waals surface area contributed by atoms with E-state index in [1.807, 2.05) is 30.3 Å². The molecule has 0 N–H and O–H groups in total. The molecule has 3 aromatic rings. The normalized spacial score (nSPS) is 10.5. The lowest BCUT2D eigenvalue weighted by Crippen LogP contribution is -2.27. The largest absolute Gasteiger partial charge is 0.497 e. The molecule has 0 amide bonds. The van der Waals surface area contributed by atoms with Crippen molar-refractivity contribution in [2.75, 3.05) is 7.11 Å². The van der Waals surface area contributed by atoms with Crippen molar-refractivity contribution in [1.29, 1.82) is 0 Å². The monoisotopic (exact) mass is 282 g/mol. The number of rotatable bonds is 4. The number of hydrogen-bond donors (Lipinski definition) is 0. The fourth-order valence-corrected chi connectivity index (χ4v) is 2.05. The Morgan fingerprint density at radius 3 is 2.71 bits per heavy atom. The number of hydrogen-bond acceptors (Lipinski definition) is 4. The molecule has 5 nitrogen and oxygen atoms in total. The first-order valence-corrected chi connectivity index (χ1v) is 6.51. The molecule has 106 valence electrons. The molecule has 0 aliphatic heterocycles. The van der Waals surface area contributed by atoms with E-state index in [9.17, 15) is 4.79 Å². The molecule has 0 aliphatic carbocycles. The topological polar surface area (TPSA) is 53.3 Å². The van der Waals surface area contributed by atoms with Crippen LogP contribution in [0.4, 0.5) is 0 Å². The number of ether oxygens (including phenoxy) is 1. The van der Waals surface area contributed by atoms with Crippen LogP contribution in [0.3, 0.4) is 0 Å². The van der Waals surface area contributed by atoms with Gasteiger partial charge in [0.05, 0.1) is 18.8 Å². The molecule has 3 rings (SSSR count). The Balaban J connectivity index is 1.97. The average molecular weight is 282 g/mol. The third kappa shape index (κ3) is 2.72. The van der Waals surface area contributed by atoms with E-state index in [-0.39, 0.29) is 5.56 Å². The molecular weight excluding hydrogens is 268 g/mol. The summed E-state index contributed by atoms with van der Waals surface area (Å²) in [6.07, 6.45) is 1.24. The van der Waals surface area contributed by atoms with Gasteiger partial charge in [0.25, 0.3) is 0 Å². The Kier molecular flexibility index (Phi) is 3.55. The van der Waals surface area contributed by atoms with Crippen LogP contribution in [0.5, 0.6) is 5.75 Å². The molecule has 21 heavy (non-hydrogen) atoms. The average Bonchev–Trinajstić information content (AvgIpc) is 2.54. The molecule has 5 heteroatoms. The van der Waals surface area contributed by atoms with Crippen LogP contribution < -0.4 is 15.1 Å². The highest BCUT2D eigenvalue weighted by atomic mass is 16.7. The number of aromatic nitrogens is 2. The van der Waals surface area contributed by atoms with Crippen molar-refractivity contribution >= 4 is 11.0 Å². The number of nitrogens with zero attached hydrogens (tertiary/aromatic N) is 2. The predicted octanol–water partition coefficient (Wildman–Crippen LogP) is 2.03. The maximum Gasteiger partial charge on any atom is 0.302 e. The third-order valence-electron chi connectivity index (χ3n) is 3.12. The molecule has 0 bridgehead atoms. The zero-order chi connectivity index (χ0) is 14.7. The molecule has 0 saturated heterocycles. The Morgan fingerprint density at radius 2 is 1.95 bits per heavy atom. The van der Waals surface area contributed by atoms with Crippen molar-refractivity contribution in [2.24, 2.45) is 0 Å². The van der Waals surface area contributed by atoms with E-state index in [2.05, 4.69) is 4.98 Å². The first-order chi connectivity index (χ1) is 10.3. The molecule has 0 saturated carbocycles. The van der Waals surface area contributed by atoms with Crippen LogP contribution in [-0.2, 0) is 6.61 Å². The van der Waals surface area contributed by atoms with Crippen LogP contribution in [0.2, 0.25) is 0 Å². The summed E-state index contributed by atoms with van der Waals surface area (Å²) in [6, 6.07) is 15.0. The molecule has 2 aromatic carbocycles. The van der Waals surface area contributed by atoms with Gasteiger partial charge in [0.2, 0.25) is 0 Å². The van der Waals surface area contributed by atoms with Crippen molar-refractivity contribution in [3.63, 3.8) is 0 Å². The van der Waals surface area contributed by atoms with E-state index in [1.54, 1.807) is 25.3 Å². The van der Waals surface area contributed by atoms with Crippen LogP contribution in [-0.4, -0.2) is 16.8 Å². The molecule has 0 spiro atoms. The maximum absolute atomic E-state index is 12.0. The highest BCUT2D eigenvalue weighted by molar-refractivity contribution is 5.75. The molecule has 1 heterocycles. The SMILES string of the molecule is COc1ccc2c(c1)ncc(=O)n2OCc1ccccc1. The minimum atomic E-state index is -0.302. The lowest BCUT2D eigenvalue weighted by atomic mass is 10.2. The number of benzene rings is 2. The van der Waals surface area contributed by atoms with Crippen LogP contribution in [0.25, 0.3) is 11.0 Å². The Morgan fingerprint density at radius 1 is 1.14 bits per heavy atom. The second-order valence-corrected chi connectivity index (χ2v) is 4.50. The van der Waals surface area contributed by atoms with Crippen LogP contribution >= 0.6 is 0 Å². The van der Waals surface area contributed by atoms with Crippen molar-refractivity contribution in [1.82, 2.24) is 9.71 Å². The molecule has 0 fully saturated rings. The molecule has 0 unspecified atom stereocenters.